The summed E-state index contributed by atoms with van der Waals surface area (Å²) in [5.74, 6) is -0.543. The van der Waals surface area contributed by atoms with Crippen molar-refractivity contribution in [1.82, 2.24) is 4.98 Å². The maximum absolute atomic E-state index is 12.0. The molecule has 26 heavy (non-hydrogen) atoms. The second-order valence-electron chi connectivity index (χ2n) is 5.99. The number of primary amides is 1. The van der Waals surface area contributed by atoms with Crippen LogP contribution in [-0.2, 0) is 0 Å². The average molecular weight is 383 g/mol. The molecule has 0 bridgehead atoms. The minimum absolute atomic E-state index is 0.368. The Morgan fingerprint density at radius 3 is 2.42 bits per heavy atom. The summed E-state index contributed by atoms with van der Waals surface area (Å²) in [4.78, 5) is 26.4. The molecule has 0 spiro atoms. The smallest absolute Gasteiger partial charge is 0.250 e. The number of aldehydes is 1. The Morgan fingerprint density at radius 2 is 1.73 bits per heavy atom. The molecule has 1 aromatic heterocycles. The van der Waals surface area contributed by atoms with Gasteiger partial charge in [-0.2, -0.15) is 0 Å². The lowest BCUT2D eigenvalue weighted by atomic mass is 9.98. The van der Waals surface area contributed by atoms with Crippen molar-refractivity contribution in [2.24, 2.45) is 5.73 Å². The molecule has 1 heterocycles. The van der Waals surface area contributed by atoms with Crippen LogP contribution in [-0.4, -0.2) is 17.2 Å². The Hall–Kier alpha value is -2.82. The molecule has 4 nitrogen and oxygen atoms in total. The van der Waals surface area contributed by atoms with Gasteiger partial charge in [0.2, 0.25) is 0 Å². The van der Waals surface area contributed by atoms with Crippen LogP contribution in [0.1, 0.15) is 20.7 Å². The van der Waals surface area contributed by atoms with Crippen LogP contribution in [0, 0.1) is 0 Å². The van der Waals surface area contributed by atoms with Gasteiger partial charge in [-0.25, -0.2) is 0 Å². The Kier molecular flexibility index (Phi) is 3.94. The molecular formula is C20H12Cl2N2O2. The van der Waals surface area contributed by atoms with Gasteiger partial charge in [0.15, 0.2) is 0 Å². The second kappa shape index (κ2) is 6.16. The predicted molar refractivity (Wildman–Crippen MR) is 105 cm³/mol. The van der Waals surface area contributed by atoms with E-state index in [-0.39, 0.29) is 0 Å². The molecule has 0 fully saturated rings. The number of halogens is 2. The topological polar surface area (TPSA) is 76.0 Å². The highest BCUT2D eigenvalue weighted by atomic mass is 35.5. The van der Waals surface area contributed by atoms with Crippen LogP contribution in [0.25, 0.3) is 32.9 Å². The van der Waals surface area contributed by atoms with Gasteiger partial charge in [-0.1, -0.05) is 29.3 Å². The Balaban J connectivity index is 2.08. The zero-order valence-corrected chi connectivity index (χ0v) is 14.9. The Labute approximate surface area is 158 Å². The number of amides is 1. The molecular weight excluding hydrogens is 371 g/mol. The van der Waals surface area contributed by atoms with Crippen LogP contribution >= 0.6 is 23.2 Å². The summed E-state index contributed by atoms with van der Waals surface area (Å²) in [5, 5.41) is 2.52. The lowest BCUT2D eigenvalue weighted by Crippen LogP contribution is -2.11. The highest BCUT2D eigenvalue weighted by Crippen LogP contribution is 2.35. The van der Waals surface area contributed by atoms with Crippen LogP contribution in [0.15, 0.2) is 48.5 Å². The van der Waals surface area contributed by atoms with Crippen LogP contribution in [0.5, 0.6) is 0 Å². The first-order valence-corrected chi connectivity index (χ1v) is 8.53. The molecule has 0 radical (unpaired) electrons. The van der Waals surface area contributed by atoms with Crippen molar-refractivity contribution in [3.8, 4) is 11.1 Å². The van der Waals surface area contributed by atoms with Gasteiger partial charge in [0, 0.05) is 21.9 Å². The number of aromatic nitrogens is 1. The van der Waals surface area contributed by atoms with Crippen LogP contribution in [0.4, 0.5) is 0 Å². The molecule has 4 aromatic rings. The fraction of sp³-hybridized carbons (Fsp3) is 0. The zero-order chi connectivity index (χ0) is 18.4. The predicted octanol–water partition coefficient (Wildman–Crippen LogP) is 5.21. The maximum atomic E-state index is 12.0. The number of rotatable bonds is 3. The molecule has 0 saturated carbocycles. The third-order valence-electron chi connectivity index (χ3n) is 4.39. The molecule has 6 heteroatoms. The van der Waals surface area contributed by atoms with Crippen LogP contribution < -0.4 is 5.73 Å². The van der Waals surface area contributed by atoms with E-state index in [2.05, 4.69) is 4.98 Å². The van der Waals surface area contributed by atoms with Gasteiger partial charge < -0.3 is 10.7 Å². The van der Waals surface area contributed by atoms with Crippen LogP contribution in [0.3, 0.4) is 0 Å². The highest BCUT2D eigenvalue weighted by molar-refractivity contribution is 6.42. The number of H-pyrrole nitrogens is 1. The van der Waals surface area contributed by atoms with Crippen LogP contribution in [0.2, 0.25) is 10.0 Å². The summed E-state index contributed by atoms with van der Waals surface area (Å²) in [6.45, 7) is 0. The number of aromatic amines is 1. The van der Waals surface area contributed by atoms with E-state index in [0.29, 0.717) is 26.7 Å². The molecule has 0 atom stereocenters. The Morgan fingerprint density at radius 1 is 0.923 bits per heavy atom. The molecule has 3 N–H and O–H groups in total. The van der Waals surface area contributed by atoms with Crippen molar-refractivity contribution in [3.05, 3.63) is 69.7 Å². The molecule has 4 rings (SSSR count). The monoisotopic (exact) mass is 382 g/mol. The zero-order valence-electron chi connectivity index (χ0n) is 13.3. The number of fused-ring (bicyclic) bond motifs is 3. The van der Waals surface area contributed by atoms with Gasteiger partial charge in [-0.3, -0.25) is 9.59 Å². The lowest BCUT2D eigenvalue weighted by molar-refractivity contribution is 0.100. The first-order chi connectivity index (χ1) is 12.5. The highest BCUT2D eigenvalue weighted by Gasteiger charge is 2.15. The van der Waals surface area contributed by atoms with E-state index >= 15 is 0 Å². The van der Waals surface area contributed by atoms with Gasteiger partial charge >= 0.3 is 0 Å². The Bertz CT molecular complexity index is 1210. The molecule has 0 saturated heterocycles. The van der Waals surface area contributed by atoms with E-state index in [4.69, 9.17) is 28.9 Å². The largest absolute Gasteiger partial charge is 0.366 e. The number of carbonyl (C=O) groups excluding carboxylic acids is 2. The van der Waals surface area contributed by atoms with Crippen molar-refractivity contribution in [2.45, 2.75) is 0 Å². The SMILES string of the molecule is NC(=O)c1cc(-c2ccc(Cl)c(Cl)c2)cc2c1[nH]c1ccc(C=O)cc12. The number of nitrogens with one attached hydrogen (secondary N) is 1. The van der Waals surface area contributed by atoms with Crippen molar-refractivity contribution in [3.63, 3.8) is 0 Å². The number of benzene rings is 3. The summed E-state index contributed by atoms with van der Waals surface area (Å²) in [7, 11) is 0. The quantitative estimate of drug-likeness (QED) is 0.477. The molecule has 0 aliphatic carbocycles. The first-order valence-electron chi connectivity index (χ1n) is 7.78. The summed E-state index contributed by atoms with van der Waals surface area (Å²) in [5.41, 5.74) is 9.57. The molecule has 128 valence electrons. The molecule has 0 unspecified atom stereocenters. The van der Waals surface area contributed by atoms with Gasteiger partial charge in [-0.05, 0) is 53.6 Å². The average Bonchev–Trinajstić information content (AvgIpc) is 3.00. The van der Waals surface area contributed by atoms with E-state index in [1.165, 1.54) is 0 Å². The van der Waals surface area contributed by atoms with E-state index in [1.807, 2.05) is 18.2 Å². The molecule has 1 amide bonds. The van der Waals surface area contributed by atoms with Crippen molar-refractivity contribution < 1.29 is 9.59 Å². The van der Waals surface area contributed by atoms with E-state index in [1.54, 1.807) is 30.3 Å². The maximum Gasteiger partial charge on any atom is 0.250 e. The second-order valence-corrected chi connectivity index (χ2v) is 6.80. The van der Waals surface area contributed by atoms with Gasteiger partial charge in [0.25, 0.3) is 5.91 Å². The summed E-state index contributed by atoms with van der Waals surface area (Å²) in [6.07, 6.45) is 0.788. The number of hydrogen-bond acceptors (Lipinski definition) is 2. The van der Waals surface area contributed by atoms with Crippen molar-refractivity contribution in [1.29, 1.82) is 0 Å². The summed E-state index contributed by atoms with van der Waals surface area (Å²) >= 11 is 12.1. The molecule has 3 aromatic carbocycles. The molecule has 0 aliphatic heterocycles. The summed E-state index contributed by atoms with van der Waals surface area (Å²) < 4.78 is 0. The number of nitrogens with two attached hydrogens (primary N) is 1. The van der Waals surface area contributed by atoms with Crippen molar-refractivity contribution in [2.75, 3.05) is 0 Å². The van der Waals surface area contributed by atoms with E-state index in [0.717, 1.165) is 33.7 Å². The fourth-order valence-corrected chi connectivity index (χ4v) is 3.43. The third kappa shape index (κ3) is 2.64. The standard InChI is InChI=1S/C20H12Cl2N2O2/c21-16-3-2-11(8-17(16)22)12-6-14-13-5-10(9-25)1-4-18(13)24-19(14)15(7-12)20(23)26/h1-9,24H,(H2,23,26). The molecule has 0 aliphatic rings. The first kappa shape index (κ1) is 16.6. The van der Waals surface area contributed by atoms with E-state index in [9.17, 15) is 9.59 Å². The fourth-order valence-electron chi connectivity index (χ4n) is 3.13. The van der Waals surface area contributed by atoms with Crippen molar-refractivity contribution >= 4 is 57.2 Å². The van der Waals surface area contributed by atoms with Gasteiger partial charge in [0.05, 0.1) is 21.1 Å². The lowest BCUT2D eigenvalue weighted by Gasteiger charge is -2.07. The normalized spacial score (nSPS) is 11.2. The minimum atomic E-state index is -0.543. The van der Waals surface area contributed by atoms with Gasteiger partial charge in [0.1, 0.15) is 6.29 Å². The third-order valence-corrected chi connectivity index (χ3v) is 5.13. The minimum Gasteiger partial charge on any atom is -0.366 e. The van der Waals surface area contributed by atoms with E-state index < -0.39 is 5.91 Å². The number of hydrogen-bond donors (Lipinski definition) is 2. The summed E-state index contributed by atoms with van der Waals surface area (Å²) in [6, 6.07) is 14.2. The number of carbonyl (C=O) groups is 2. The van der Waals surface area contributed by atoms with Gasteiger partial charge in [-0.15, -0.1) is 0 Å².